The molecule has 0 aromatic heterocycles. The van der Waals surface area contributed by atoms with Crippen LogP contribution in [0.1, 0.15) is 27.8 Å². The Morgan fingerprint density at radius 3 is 2.00 bits per heavy atom. The van der Waals surface area contributed by atoms with E-state index in [9.17, 15) is 0 Å². The first-order chi connectivity index (χ1) is 5.04. The van der Waals surface area contributed by atoms with Gasteiger partial charge in [-0.1, -0.05) is 6.07 Å². The molecule has 1 aromatic rings. The molecule has 0 bridgehead atoms. The van der Waals surface area contributed by atoms with Gasteiger partial charge in [-0.05, 0) is 62.4 Å². The van der Waals surface area contributed by atoms with Crippen LogP contribution in [-0.4, -0.2) is 0 Å². The summed E-state index contributed by atoms with van der Waals surface area (Å²) in [5, 5.41) is 0. The van der Waals surface area contributed by atoms with Gasteiger partial charge in [0, 0.05) is 0 Å². The lowest BCUT2D eigenvalue weighted by atomic mass is 9.96. The second kappa shape index (κ2) is 2.69. The molecule has 11 heavy (non-hydrogen) atoms. The molecule has 1 radical (unpaired) electrons. The van der Waals surface area contributed by atoms with Gasteiger partial charge < -0.3 is 0 Å². The van der Waals surface area contributed by atoms with Gasteiger partial charge in [-0.2, -0.15) is 0 Å². The van der Waals surface area contributed by atoms with Crippen molar-refractivity contribution in [3.05, 3.63) is 40.8 Å². The molecule has 0 N–H and O–H groups in total. The zero-order valence-corrected chi connectivity index (χ0v) is 7.78. The second-order valence-corrected chi connectivity index (χ2v) is 3.23. The zero-order chi connectivity index (χ0) is 8.59. The highest BCUT2D eigenvalue weighted by atomic mass is 14.1. The van der Waals surface area contributed by atoms with Crippen LogP contribution in [0.5, 0.6) is 0 Å². The van der Waals surface area contributed by atoms with E-state index in [1.807, 2.05) is 0 Å². The van der Waals surface area contributed by atoms with E-state index in [0.717, 1.165) is 5.56 Å². The maximum Gasteiger partial charge on any atom is -0.0235 e. The van der Waals surface area contributed by atoms with Crippen LogP contribution in [0.4, 0.5) is 0 Å². The Morgan fingerprint density at radius 1 is 0.909 bits per heavy atom. The van der Waals surface area contributed by atoms with Crippen LogP contribution in [0.3, 0.4) is 0 Å². The third kappa shape index (κ3) is 1.30. The molecule has 0 heteroatoms. The summed E-state index contributed by atoms with van der Waals surface area (Å²) in [4.78, 5) is 0. The Labute approximate surface area is 69.3 Å². The van der Waals surface area contributed by atoms with Crippen LogP contribution in [0.25, 0.3) is 0 Å². The first-order valence-corrected chi connectivity index (χ1v) is 3.93. The number of hydrogen-bond acceptors (Lipinski definition) is 0. The fourth-order valence-corrected chi connectivity index (χ4v) is 1.30. The first-order valence-electron chi connectivity index (χ1n) is 3.93. The van der Waals surface area contributed by atoms with Crippen molar-refractivity contribution in [2.24, 2.45) is 0 Å². The molecule has 0 spiro atoms. The number of benzene rings is 1. The van der Waals surface area contributed by atoms with E-state index in [2.05, 4.69) is 40.7 Å². The van der Waals surface area contributed by atoms with Crippen molar-refractivity contribution >= 4 is 0 Å². The van der Waals surface area contributed by atoms with Crippen LogP contribution in [0.15, 0.2) is 6.07 Å². The van der Waals surface area contributed by atoms with Gasteiger partial charge in [-0.25, -0.2) is 0 Å². The summed E-state index contributed by atoms with van der Waals surface area (Å²) in [5.41, 5.74) is 6.61. The van der Waals surface area contributed by atoms with Crippen LogP contribution >= 0.6 is 0 Å². The topological polar surface area (TPSA) is 0 Å². The van der Waals surface area contributed by atoms with E-state index in [4.69, 9.17) is 0 Å². The lowest BCUT2D eigenvalue weighted by Crippen LogP contribution is -1.93. The molecule has 0 fully saturated rings. The van der Waals surface area contributed by atoms with Gasteiger partial charge in [-0.3, -0.25) is 0 Å². The molecule has 0 aliphatic heterocycles. The van der Waals surface area contributed by atoms with Crippen molar-refractivity contribution in [1.82, 2.24) is 0 Å². The fraction of sp³-hybridized carbons (Fsp3) is 0.364. The van der Waals surface area contributed by atoms with Crippen molar-refractivity contribution in [3.63, 3.8) is 0 Å². The van der Waals surface area contributed by atoms with Crippen molar-refractivity contribution in [2.45, 2.75) is 27.7 Å². The predicted molar refractivity (Wildman–Crippen MR) is 49.8 cm³/mol. The second-order valence-electron chi connectivity index (χ2n) is 3.23. The van der Waals surface area contributed by atoms with Gasteiger partial charge in [0.05, 0.1) is 0 Å². The largest absolute Gasteiger partial charge is 0.0555 e. The molecule has 0 saturated heterocycles. The van der Waals surface area contributed by atoms with E-state index >= 15 is 0 Å². The summed E-state index contributed by atoms with van der Waals surface area (Å²) >= 11 is 0. The SMILES string of the molecule is [CH2]c1cc(C)c(C)c(C)c1C. The summed E-state index contributed by atoms with van der Waals surface area (Å²) in [6.45, 7) is 12.6. The Hall–Kier alpha value is -0.780. The van der Waals surface area contributed by atoms with Crippen LogP contribution < -0.4 is 0 Å². The van der Waals surface area contributed by atoms with Gasteiger partial charge >= 0.3 is 0 Å². The standard InChI is InChI=1S/C11H15/c1-7-6-8(2)10(4)11(5)9(7)3/h6H,1H2,2-5H3. The van der Waals surface area contributed by atoms with Gasteiger partial charge in [0.25, 0.3) is 0 Å². The summed E-state index contributed by atoms with van der Waals surface area (Å²) < 4.78 is 0. The number of aryl methyl sites for hydroxylation is 1. The highest BCUT2D eigenvalue weighted by molar-refractivity contribution is 5.44. The summed E-state index contributed by atoms with van der Waals surface area (Å²) in [6.07, 6.45) is 0. The Balaban J connectivity index is 3.46. The van der Waals surface area contributed by atoms with Gasteiger partial charge in [-0.15, -0.1) is 0 Å². The first kappa shape index (κ1) is 8.32. The average molecular weight is 147 g/mol. The third-order valence-corrected chi connectivity index (χ3v) is 2.59. The van der Waals surface area contributed by atoms with Gasteiger partial charge in [0.1, 0.15) is 0 Å². The maximum absolute atomic E-state index is 3.98. The van der Waals surface area contributed by atoms with E-state index in [-0.39, 0.29) is 0 Å². The van der Waals surface area contributed by atoms with E-state index in [0.29, 0.717) is 0 Å². The molecule has 59 valence electrons. The Bertz CT molecular complexity index is 256. The van der Waals surface area contributed by atoms with Crippen molar-refractivity contribution in [2.75, 3.05) is 0 Å². The molecule has 1 rings (SSSR count). The predicted octanol–water partition coefficient (Wildman–Crippen LogP) is 3.10. The van der Waals surface area contributed by atoms with E-state index in [1.165, 1.54) is 22.3 Å². The number of hydrogen-bond donors (Lipinski definition) is 0. The summed E-state index contributed by atoms with van der Waals surface area (Å²) in [6, 6.07) is 2.15. The quantitative estimate of drug-likeness (QED) is 0.529. The van der Waals surface area contributed by atoms with Crippen LogP contribution in [-0.2, 0) is 0 Å². The normalized spacial score (nSPS) is 10.3. The molecule has 0 aliphatic carbocycles. The third-order valence-electron chi connectivity index (χ3n) is 2.59. The maximum atomic E-state index is 3.98. The minimum absolute atomic E-state index is 1.16. The highest BCUT2D eigenvalue weighted by Gasteiger charge is 2.02. The van der Waals surface area contributed by atoms with Gasteiger partial charge in [0.2, 0.25) is 0 Å². The lowest BCUT2D eigenvalue weighted by Gasteiger charge is -2.10. The molecular weight excluding hydrogens is 132 g/mol. The molecule has 0 atom stereocenters. The monoisotopic (exact) mass is 147 g/mol. The smallest absolute Gasteiger partial charge is 0.0235 e. The molecule has 0 amide bonds. The summed E-state index contributed by atoms with van der Waals surface area (Å²) in [7, 11) is 0. The lowest BCUT2D eigenvalue weighted by molar-refractivity contribution is 1.20. The minimum atomic E-state index is 1.16. The summed E-state index contributed by atoms with van der Waals surface area (Å²) in [5.74, 6) is 0. The molecular formula is C11H15. The molecule has 0 nitrogen and oxygen atoms in total. The molecule has 0 saturated carbocycles. The Kier molecular flexibility index (Phi) is 2.03. The Morgan fingerprint density at radius 2 is 1.45 bits per heavy atom. The molecule has 1 aromatic carbocycles. The van der Waals surface area contributed by atoms with Crippen molar-refractivity contribution in [3.8, 4) is 0 Å². The van der Waals surface area contributed by atoms with Crippen molar-refractivity contribution < 1.29 is 0 Å². The van der Waals surface area contributed by atoms with Crippen LogP contribution in [0, 0.1) is 34.6 Å². The average Bonchev–Trinajstić information content (AvgIpc) is 1.97. The van der Waals surface area contributed by atoms with E-state index < -0.39 is 0 Å². The zero-order valence-electron chi connectivity index (χ0n) is 7.78. The highest BCUT2D eigenvalue weighted by Crippen LogP contribution is 2.19. The number of rotatable bonds is 0. The van der Waals surface area contributed by atoms with Crippen LogP contribution in [0.2, 0.25) is 0 Å². The van der Waals surface area contributed by atoms with Gasteiger partial charge in [0.15, 0.2) is 0 Å². The molecule has 0 unspecified atom stereocenters. The van der Waals surface area contributed by atoms with E-state index in [1.54, 1.807) is 0 Å². The molecule has 0 heterocycles. The van der Waals surface area contributed by atoms with Crippen molar-refractivity contribution in [1.29, 1.82) is 0 Å². The minimum Gasteiger partial charge on any atom is -0.0555 e. The fourth-order valence-electron chi connectivity index (χ4n) is 1.30. The molecule has 0 aliphatic rings.